The van der Waals surface area contributed by atoms with Gasteiger partial charge in [0.15, 0.2) is 0 Å². The second-order valence-electron chi connectivity index (χ2n) is 6.70. The van der Waals surface area contributed by atoms with Crippen molar-refractivity contribution in [3.8, 4) is 11.5 Å². The zero-order valence-electron chi connectivity index (χ0n) is 13.3. The van der Waals surface area contributed by atoms with Gasteiger partial charge in [0.1, 0.15) is 24.8 Å². The van der Waals surface area contributed by atoms with Gasteiger partial charge < -0.3 is 0 Å². The van der Waals surface area contributed by atoms with Gasteiger partial charge in [0.2, 0.25) is 0 Å². The highest BCUT2D eigenvalue weighted by molar-refractivity contribution is 9.10. The van der Waals surface area contributed by atoms with Gasteiger partial charge in [0.05, 0.1) is 9.22 Å². The lowest BCUT2D eigenvalue weighted by molar-refractivity contribution is 0.651. The molecule has 0 aliphatic rings. The monoisotopic (exact) mass is 384 g/mol. The summed E-state index contributed by atoms with van der Waals surface area (Å²) in [5.74, 6) is 3.12. The molecule has 0 spiro atoms. The summed E-state index contributed by atoms with van der Waals surface area (Å²) in [5, 5.41) is 0. The van der Waals surface area contributed by atoms with E-state index in [1.54, 1.807) is 12.4 Å². The van der Waals surface area contributed by atoms with Crippen LogP contribution in [0.4, 0.5) is 0 Å². The van der Waals surface area contributed by atoms with E-state index in [-0.39, 0.29) is 4.75 Å². The summed E-state index contributed by atoms with van der Waals surface area (Å²) >= 11 is 3.47. The van der Waals surface area contributed by atoms with Gasteiger partial charge in [0.25, 0.3) is 0 Å². The fourth-order valence-electron chi connectivity index (χ4n) is 1.13. The van der Waals surface area contributed by atoms with Crippen LogP contribution in [-0.2, 0) is 11.0 Å². The lowest BCUT2D eigenvalue weighted by Gasteiger charge is -2.12. The molecule has 3 nitrogen and oxygen atoms in total. The topological polar surface area (TPSA) is 42.3 Å². The third-order valence-electron chi connectivity index (χ3n) is 2.24. The number of rotatable bonds is 2. The molecule has 0 bridgehead atoms. The smallest absolute Gasteiger partial charge is 0.144 e. The van der Waals surface area contributed by atoms with Crippen LogP contribution < -0.4 is 0 Å². The average Bonchev–Trinajstić information content (AvgIpc) is 2.32. The van der Waals surface area contributed by atoms with Crippen molar-refractivity contribution in [1.82, 2.24) is 4.98 Å². The van der Waals surface area contributed by atoms with Crippen LogP contribution in [0, 0.1) is 11.5 Å². The summed E-state index contributed by atoms with van der Waals surface area (Å²) in [6, 6.07) is 1.89. The van der Waals surface area contributed by atoms with E-state index < -0.39 is 19.1 Å². The molecule has 0 saturated heterocycles. The summed E-state index contributed by atoms with van der Waals surface area (Å²) < 4.78 is 16.4. The van der Waals surface area contributed by atoms with Crippen molar-refractivity contribution >= 4 is 41.2 Å². The number of hydrogen-bond donors (Lipinski definition) is 0. The third-order valence-corrected chi connectivity index (χ3v) is 5.06. The van der Waals surface area contributed by atoms with Crippen molar-refractivity contribution < 1.29 is 4.21 Å². The highest BCUT2D eigenvalue weighted by atomic mass is 79.9. The van der Waals surface area contributed by atoms with Gasteiger partial charge >= 0.3 is 0 Å². The third kappa shape index (κ3) is 6.68. The Balaban J connectivity index is 2.96. The van der Waals surface area contributed by atoms with Crippen molar-refractivity contribution in [2.24, 2.45) is 4.40 Å². The van der Waals surface area contributed by atoms with Gasteiger partial charge in [-0.2, -0.15) is 4.40 Å². The van der Waals surface area contributed by atoms with Crippen molar-refractivity contribution in [3.05, 3.63) is 28.0 Å². The summed E-state index contributed by atoms with van der Waals surface area (Å²) in [5.41, 5.74) is 4.81. The van der Waals surface area contributed by atoms with Crippen LogP contribution in [-0.4, -0.2) is 28.2 Å². The van der Waals surface area contributed by atoms with Crippen LogP contribution in [0.15, 0.2) is 21.1 Å². The first-order valence-corrected chi connectivity index (χ1v) is 12.0. The molecule has 1 aromatic heterocycles. The minimum atomic E-state index is -1.42. The first kappa shape index (κ1) is 18.3. The standard InChI is InChI=1S/C15H21BrN2OSSi/c1-15(2,3)20(19)18-11-12-9-13(16)14(17-10-12)7-8-21(4,5)6/h9-11H,1-6H3/b18-11+/t20-/m1/s1. The van der Waals surface area contributed by atoms with Crippen LogP contribution in [0.5, 0.6) is 0 Å². The molecule has 0 aromatic carbocycles. The van der Waals surface area contributed by atoms with Gasteiger partial charge in [-0.15, -0.1) is 5.54 Å². The van der Waals surface area contributed by atoms with E-state index in [9.17, 15) is 4.21 Å². The van der Waals surface area contributed by atoms with Crippen molar-refractivity contribution in [3.63, 3.8) is 0 Å². The Bertz CT molecular complexity index is 634. The average molecular weight is 385 g/mol. The molecule has 0 radical (unpaired) electrons. The summed E-state index contributed by atoms with van der Waals surface area (Å²) in [6.45, 7) is 12.3. The molecule has 1 aromatic rings. The van der Waals surface area contributed by atoms with Gasteiger partial charge in [-0.3, -0.25) is 0 Å². The van der Waals surface area contributed by atoms with Crippen LogP contribution in [0.25, 0.3) is 0 Å². The molecule has 1 rings (SSSR count). The number of pyridine rings is 1. The summed E-state index contributed by atoms with van der Waals surface area (Å²) in [4.78, 5) is 4.33. The van der Waals surface area contributed by atoms with Gasteiger partial charge in [0, 0.05) is 18.0 Å². The van der Waals surface area contributed by atoms with Crippen molar-refractivity contribution in [2.75, 3.05) is 0 Å². The van der Waals surface area contributed by atoms with E-state index in [4.69, 9.17) is 0 Å². The van der Waals surface area contributed by atoms with E-state index in [1.807, 2.05) is 26.8 Å². The van der Waals surface area contributed by atoms with Crippen LogP contribution in [0.2, 0.25) is 19.6 Å². The number of halogens is 1. The van der Waals surface area contributed by atoms with Crippen LogP contribution >= 0.6 is 15.9 Å². The maximum absolute atomic E-state index is 11.9. The zero-order valence-corrected chi connectivity index (χ0v) is 16.7. The lowest BCUT2D eigenvalue weighted by atomic mass is 10.3. The molecular weight excluding hydrogens is 364 g/mol. The Labute approximate surface area is 139 Å². The SMILES string of the molecule is CC(C)(C)[S@@](=O)/N=C/c1cnc(C#C[Si](C)(C)C)c(Br)c1. The van der Waals surface area contributed by atoms with Crippen molar-refractivity contribution in [2.45, 2.75) is 45.2 Å². The van der Waals surface area contributed by atoms with E-state index in [2.05, 4.69) is 56.4 Å². The molecule has 0 N–H and O–H groups in total. The maximum atomic E-state index is 11.9. The molecule has 1 heterocycles. The van der Waals surface area contributed by atoms with Gasteiger partial charge in [-0.25, -0.2) is 9.19 Å². The summed E-state index contributed by atoms with van der Waals surface area (Å²) in [7, 11) is -2.68. The fraction of sp³-hybridized carbons (Fsp3) is 0.467. The minimum Gasteiger partial charge on any atom is -0.246 e. The van der Waals surface area contributed by atoms with E-state index in [0.717, 1.165) is 15.7 Å². The number of nitrogens with zero attached hydrogens (tertiary/aromatic N) is 2. The van der Waals surface area contributed by atoms with Gasteiger partial charge in [-0.1, -0.05) is 25.6 Å². The molecule has 0 saturated carbocycles. The molecule has 0 aliphatic carbocycles. The zero-order chi connectivity index (χ0) is 16.3. The predicted octanol–water partition coefficient (Wildman–Crippen LogP) is 3.95. The first-order chi connectivity index (χ1) is 9.49. The molecule has 0 amide bonds. The van der Waals surface area contributed by atoms with E-state index in [0.29, 0.717) is 0 Å². The Morgan fingerprint density at radius 2 is 2.00 bits per heavy atom. The van der Waals surface area contributed by atoms with Crippen molar-refractivity contribution in [1.29, 1.82) is 0 Å². The Hall–Kier alpha value is -0.773. The fourth-order valence-corrected chi connectivity index (χ4v) is 2.62. The molecule has 0 fully saturated rings. The normalized spacial score (nSPS) is 13.9. The van der Waals surface area contributed by atoms with E-state index >= 15 is 0 Å². The summed E-state index contributed by atoms with van der Waals surface area (Å²) in [6.07, 6.45) is 3.29. The first-order valence-electron chi connectivity index (χ1n) is 6.64. The largest absolute Gasteiger partial charge is 0.246 e. The quantitative estimate of drug-likeness (QED) is 0.439. The molecular formula is C15H21BrN2OSSi. The Morgan fingerprint density at radius 3 is 2.48 bits per heavy atom. The Morgan fingerprint density at radius 1 is 1.38 bits per heavy atom. The molecule has 114 valence electrons. The molecule has 6 heteroatoms. The van der Waals surface area contributed by atoms with Crippen LogP contribution in [0.3, 0.4) is 0 Å². The maximum Gasteiger partial charge on any atom is 0.144 e. The molecule has 1 atom stereocenters. The number of aromatic nitrogens is 1. The highest BCUT2D eigenvalue weighted by Gasteiger charge is 2.18. The second-order valence-corrected chi connectivity index (χ2v) is 14.2. The lowest BCUT2D eigenvalue weighted by Crippen LogP contribution is -2.19. The number of hydrogen-bond acceptors (Lipinski definition) is 2. The van der Waals surface area contributed by atoms with Crippen LogP contribution in [0.1, 0.15) is 32.0 Å². The molecule has 21 heavy (non-hydrogen) atoms. The van der Waals surface area contributed by atoms with Gasteiger partial charge in [-0.05, 0) is 42.8 Å². The Kier molecular flexibility index (Phi) is 6.08. The minimum absolute atomic E-state index is 0.357. The molecule has 0 aliphatic heterocycles. The second kappa shape index (κ2) is 6.99. The highest BCUT2D eigenvalue weighted by Crippen LogP contribution is 2.16. The predicted molar refractivity (Wildman–Crippen MR) is 97.7 cm³/mol. The van der Waals surface area contributed by atoms with E-state index in [1.165, 1.54) is 0 Å². The molecule has 0 unspecified atom stereocenters.